The van der Waals surface area contributed by atoms with Crippen molar-refractivity contribution in [3.8, 4) is 0 Å². The predicted molar refractivity (Wildman–Crippen MR) is 162 cm³/mol. The van der Waals surface area contributed by atoms with E-state index >= 15 is 0 Å². The molecule has 0 bridgehead atoms. The molecule has 0 N–H and O–H groups in total. The summed E-state index contributed by atoms with van der Waals surface area (Å²) in [6.07, 6.45) is 17.6. The van der Waals surface area contributed by atoms with E-state index in [1.54, 1.807) is 12.5 Å². The number of piperazine rings is 1. The Hall–Kier alpha value is -2.30. The Kier molecular flexibility index (Phi) is 12.2. The molecule has 208 valence electrons. The first-order valence-corrected chi connectivity index (χ1v) is 15.0. The van der Waals surface area contributed by atoms with E-state index in [1.165, 1.54) is 56.3 Å². The van der Waals surface area contributed by atoms with Crippen LogP contribution in [0.1, 0.15) is 77.7 Å². The smallest absolute Gasteiger partial charge is 0.175 e. The largest absolute Gasteiger partial charge is 0.364 e. The molecule has 3 aliphatic rings. The fourth-order valence-electron chi connectivity index (χ4n) is 5.37. The maximum atomic E-state index is 12.2. The Labute approximate surface area is 236 Å². The molecule has 4 nitrogen and oxygen atoms in total. The number of allylic oxidation sites excluding steroid dienone is 4. The van der Waals surface area contributed by atoms with Crippen molar-refractivity contribution >= 4 is 17.4 Å². The first-order chi connectivity index (χ1) is 18.3. The Bertz CT molecular complexity index is 1030. The van der Waals surface area contributed by atoms with Gasteiger partial charge in [-0.3, -0.25) is 9.69 Å². The van der Waals surface area contributed by atoms with Crippen LogP contribution in [0.25, 0.3) is 0 Å². The molecule has 0 amide bonds. The molecule has 0 spiro atoms. The molecular weight excluding hydrogens is 490 g/mol. The number of rotatable bonds is 8. The van der Waals surface area contributed by atoms with Gasteiger partial charge in [-0.05, 0) is 81.8 Å². The summed E-state index contributed by atoms with van der Waals surface area (Å²) in [4.78, 5) is 19.3. The second-order valence-electron chi connectivity index (χ2n) is 10.8. The molecule has 1 saturated carbocycles. The molecule has 4 rings (SSSR count). The fraction of sp³-hybridized carbons (Fsp3) is 0.545. The molecule has 2 aliphatic heterocycles. The van der Waals surface area contributed by atoms with Crippen LogP contribution in [0.4, 0.5) is 0 Å². The van der Waals surface area contributed by atoms with Gasteiger partial charge in [0.2, 0.25) is 0 Å². The number of Topliss-reactive ketones (excluding diaryl/α,β-unsaturated/α-hetero) is 1. The van der Waals surface area contributed by atoms with Crippen LogP contribution < -0.4 is 0 Å². The normalized spacial score (nSPS) is 20.8. The average Bonchev–Trinajstić information content (AvgIpc) is 2.87. The number of hydrogen-bond donors (Lipinski definition) is 0. The number of likely N-dealkylation sites (tertiary alicyclic amines) is 1. The predicted octanol–water partition coefficient (Wildman–Crippen LogP) is 7.77. The van der Waals surface area contributed by atoms with Gasteiger partial charge in [0.15, 0.2) is 5.78 Å². The molecule has 0 radical (unpaired) electrons. The molecule has 5 heteroatoms. The van der Waals surface area contributed by atoms with Crippen molar-refractivity contribution in [3.05, 3.63) is 82.3 Å². The van der Waals surface area contributed by atoms with Gasteiger partial charge in [0.05, 0.1) is 12.2 Å². The number of ketones is 1. The number of benzene rings is 1. The molecule has 2 heterocycles. The lowest BCUT2D eigenvalue weighted by Gasteiger charge is -2.41. The van der Waals surface area contributed by atoms with Crippen LogP contribution in [0.5, 0.6) is 0 Å². The van der Waals surface area contributed by atoms with Gasteiger partial charge in [0.25, 0.3) is 0 Å². The Morgan fingerprint density at radius 1 is 1.11 bits per heavy atom. The highest BCUT2D eigenvalue weighted by Gasteiger charge is 2.27. The fourth-order valence-corrected chi connectivity index (χ4v) is 5.64. The van der Waals surface area contributed by atoms with E-state index in [9.17, 15) is 4.79 Å². The van der Waals surface area contributed by atoms with Gasteiger partial charge < -0.3 is 9.80 Å². The van der Waals surface area contributed by atoms with Crippen molar-refractivity contribution in [1.82, 2.24) is 14.7 Å². The SMILES string of the molecule is C=C1CN(C(/C=C/C2CCCCN2C)=C2CCC2)CCN1/C(=C\CCC)C(C)=O.CCc1ccccc1Cl. The van der Waals surface area contributed by atoms with Crippen molar-refractivity contribution in [3.63, 3.8) is 0 Å². The van der Waals surface area contributed by atoms with E-state index in [2.05, 4.69) is 60.4 Å². The van der Waals surface area contributed by atoms with E-state index in [0.29, 0.717) is 6.04 Å². The number of nitrogens with zero attached hydrogens (tertiary/aromatic N) is 3. The summed E-state index contributed by atoms with van der Waals surface area (Å²) < 4.78 is 0. The summed E-state index contributed by atoms with van der Waals surface area (Å²) in [6, 6.07) is 8.47. The highest BCUT2D eigenvalue weighted by Crippen LogP contribution is 2.33. The number of hydrogen-bond acceptors (Lipinski definition) is 4. The summed E-state index contributed by atoms with van der Waals surface area (Å²) in [5, 5.41) is 0.875. The number of carbonyl (C=O) groups excluding carboxylic acids is 1. The second kappa shape index (κ2) is 15.3. The Morgan fingerprint density at radius 3 is 2.42 bits per heavy atom. The van der Waals surface area contributed by atoms with Crippen LogP contribution in [-0.2, 0) is 11.2 Å². The zero-order valence-corrected chi connectivity index (χ0v) is 24.9. The summed E-state index contributed by atoms with van der Waals surface area (Å²) in [7, 11) is 2.25. The minimum Gasteiger partial charge on any atom is -0.364 e. The van der Waals surface area contributed by atoms with E-state index in [1.807, 2.05) is 24.3 Å². The summed E-state index contributed by atoms with van der Waals surface area (Å²) in [5.74, 6) is 0.144. The monoisotopic (exact) mass is 537 g/mol. The van der Waals surface area contributed by atoms with Gasteiger partial charge >= 0.3 is 0 Å². The minimum absolute atomic E-state index is 0.144. The molecule has 1 aromatic rings. The maximum Gasteiger partial charge on any atom is 0.175 e. The van der Waals surface area contributed by atoms with Crippen molar-refractivity contribution in [1.29, 1.82) is 0 Å². The van der Waals surface area contributed by atoms with Crippen LogP contribution >= 0.6 is 11.6 Å². The lowest BCUT2D eigenvalue weighted by molar-refractivity contribution is -0.115. The number of aryl methyl sites for hydroxylation is 1. The molecule has 1 atom stereocenters. The Morgan fingerprint density at radius 2 is 1.87 bits per heavy atom. The molecule has 3 fully saturated rings. The summed E-state index contributed by atoms with van der Waals surface area (Å²) in [5.41, 5.74) is 6.09. The summed E-state index contributed by atoms with van der Waals surface area (Å²) >= 11 is 5.82. The van der Waals surface area contributed by atoms with Crippen molar-refractivity contribution in [2.45, 2.75) is 84.6 Å². The first kappa shape index (κ1) is 30.2. The topological polar surface area (TPSA) is 26.8 Å². The average molecular weight is 538 g/mol. The molecule has 0 aromatic heterocycles. The van der Waals surface area contributed by atoms with Gasteiger partial charge in [0, 0.05) is 42.5 Å². The van der Waals surface area contributed by atoms with Crippen LogP contribution in [0, 0.1) is 0 Å². The van der Waals surface area contributed by atoms with Gasteiger partial charge in [0.1, 0.15) is 0 Å². The van der Waals surface area contributed by atoms with Crippen molar-refractivity contribution < 1.29 is 4.79 Å². The number of piperidine rings is 1. The third-order valence-corrected chi connectivity index (χ3v) is 8.30. The zero-order valence-electron chi connectivity index (χ0n) is 24.1. The van der Waals surface area contributed by atoms with Crippen LogP contribution in [0.3, 0.4) is 0 Å². The zero-order chi connectivity index (χ0) is 27.5. The minimum atomic E-state index is 0.144. The molecular formula is C33H48ClN3O. The molecule has 1 aliphatic carbocycles. The van der Waals surface area contributed by atoms with E-state index in [4.69, 9.17) is 11.6 Å². The number of unbranched alkanes of at least 4 members (excludes halogenated alkanes) is 1. The van der Waals surface area contributed by atoms with Gasteiger partial charge in [-0.15, -0.1) is 0 Å². The number of carbonyl (C=O) groups is 1. The van der Waals surface area contributed by atoms with Crippen molar-refractivity contribution in [2.24, 2.45) is 0 Å². The molecule has 1 aromatic carbocycles. The van der Waals surface area contributed by atoms with E-state index < -0.39 is 0 Å². The van der Waals surface area contributed by atoms with Crippen LogP contribution in [-0.4, -0.2) is 59.8 Å². The quantitative estimate of drug-likeness (QED) is 0.316. The van der Waals surface area contributed by atoms with Gasteiger partial charge in [-0.25, -0.2) is 0 Å². The van der Waals surface area contributed by atoms with Gasteiger partial charge in [-0.2, -0.15) is 0 Å². The third kappa shape index (κ3) is 8.35. The third-order valence-electron chi connectivity index (χ3n) is 7.93. The van der Waals surface area contributed by atoms with Crippen molar-refractivity contribution in [2.75, 3.05) is 33.2 Å². The highest BCUT2D eigenvalue weighted by molar-refractivity contribution is 6.31. The standard InChI is InChI=1S/C25H39N3O.C8H9Cl/c1-5-6-13-24(21(3)29)28-18-17-27(19-20(28)2)25(22-10-9-11-22)15-14-23-12-7-8-16-26(23)4;1-2-7-5-3-4-6-8(7)9/h13-15,23H,2,5-12,16-19H2,1,3-4H3;3-6H,2H2,1H3/b15-14+,24-13-;. The number of likely N-dealkylation sites (N-methyl/N-ethyl adjacent to an activating group) is 1. The lowest BCUT2D eigenvalue weighted by Crippen LogP contribution is -2.44. The molecule has 1 unspecified atom stereocenters. The lowest BCUT2D eigenvalue weighted by atomic mass is 9.89. The first-order valence-electron chi connectivity index (χ1n) is 14.6. The van der Waals surface area contributed by atoms with Gasteiger partial charge in [-0.1, -0.05) is 75.2 Å². The molecule has 2 saturated heterocycles. The number of halogens is 1. The van der Waals surface area contributed by atoms with Crippen LogP contribution in [0.2, 0.25) is 5.02 Å². The Balaban J connectivity index is 0.000000375. The van der Waals surface area contributed by atoms with E-state index in [-0.39, 0.29) is 5.78 Å². The summed E-state index contributed by atoms with van der Waals surface area (Å²) in [6.45, 7) is 14.0. The maximum absolute atomic E-state index is 12.2. The molecule has 38 heavy (non-hydrogen) atoms. The van der Waals surface area contributed by atoms with E-state index in [0.717, 1.165) is 55.3 Å². The second-order valence-corrected chi connectivity index (χ2v) is 11.2. The highest BCUT2D eigenvalue weighted by atomic mass is 35.5. The van der Waals surface area contributed by atoms with Crippen LogP contribution in [0.15, 0.2) is 71.7 Å².